The largest absolute Gasteiger partial charge is 0.363 e. The van der Waals surface area contributed by atoms with E-state index in [-0.39, 0.29) is 6.04 Å². The molecule has 1 aromatic carbocycles. The molecule has 1 saturated heterocycles. The van der Waals surface area contributed by atoms with Crippen molar-refractivity contribution in [2.24, 2.45) is 0 Å². The molecule has 0 amide bonds. The summed E-state index contributed by atoms with van der Waals surface area (Å²) in [4.78, 5) is 6.72. The highest BCUT2D eigenvalue weighted by Crippen LogP contribution is 2.36. The summed E-state index contributed by atoms with van der Waals surface area (Å²) in [6.07, 6.45) is 3.49. The van der Waals surface area contributed by atoms with Crippen molar-refractivity contribution in [3.05, 3.63) is 53.7 Å². The summed E-state index contributed by atoms with van der Waals surface area (Å²) in [6.45, 7) is 2.50. The Bertz CT molecular complexity index is 799. The van der Waals surface area contributed by atoms with Gasteiger partial charge in [0.2, 0.25) is 10.0 Å². The summed E-state index contributed by atoms with van der Waals surface area (Å²) >= 11 is 0. The Labute approximate surface area is 144 Å². The first kappa shape index (κ1) is 16.9. The average Bonchev–Trinajstić information content (AvgIpc) is 3.06. The summed E-state index contributed by atoms with van der Waals surface area (Å²) in [5.41, 5.74) is 2.00. The van der Waals surface area contributed by atoms with Gasteiger partial charge in [-0.1, -0.05) is 23.8 Å². The van der Waals surface area contributed by atoms with Gasteiger partial charge in [0.1, 0.15) is 5.82 Å². The molecule has 24 heavy (non-hydrogen) atoms. The molecule has 1 fully saturated rings. The zero-order valence-electron chi connectivity index (χ0n) is 14.3. The van der Waals surface area contributed by atoms with Gasteiger partial charge in [-0.05, 0) is 43.5 Å². The van der Waals surface area contributed by atoms with Gasteiger partial charge in [-0.2, -0.15) is 4.31 Å². The van der Waals surface area contributed by atoms with E-state index in [4.69, 9.17) is 0 Å². The van der Waals surface area contributed by atoms with Crippen LogP contribution in [0.5, 0.6) is 0 Å². The van der Waals surface area contributed by atoms with Gasteiger partial charge in [0, 0.05) is 26.8 Å². The fourth-order valence-corrected chi connectivity index (χ4v) is 4.75. The number of hydrogen-bond acceptors (Lipinski definition) is 4. The first-order valence-corrected chi connectivity index (χ1v) is 9.55. The molecule has 0 N–H and O–H groups in total. The molecule has 1 aliphatic heterocycles. The second-order valence-electron chi connectivity index (χ2n) is 6.43. The van der Waals surface area contributed by atoms with Crippen LogP contribution < -0.4 is 4.90 Å². The van der Waals surface area contributed by atoms with E-state index < -0.39 is 10.0 Å². The molecule has 2 aromatic rings. The molecule has 128 valence electrons. The van der Waals surface area contributed by atoms with E-state index in [0.29, 0.717) is 11.4 Å². The van der Waals surface area contributed by atoms with Crippen LogP contribution in [0.15, 0.2) is 47.5 Å². The Morgan fingerprint density at radius 1 is 1.12 bits per heavy atom. The molecule has 0 spiro atoms. The topological polar surface area (TPSA) is 53.5 Å². The third-order valence-corrected chi connectivity index (χ3v) is 6.37. The highest BCUT2D eigenvalue weighted by atomic mass is 32.2. The molecule has 0 saturated carbocycles. The van der Waals surface area contributed by atoms with Crippen LogP contribution in [0.25, 0.3) is 0 Å². The van der Waals surface area contributed by atoms with E-state index in [1.807, 2.05) is 50.2 Å². The maximum Gasteiger partial charge on any atom is 0.243 e. The van der Waals surface area contributed by atoms with Crippen molar-refractivity contribution in [2.75, 3.05) is 25.5 Å². The summed E-state index contributed by atoms with van der Waals surface area (Å²) in [6, 6.07) is 10.8. The van der Waals surface area contributed by atoms with Gasteiger partial charge in [-0.15, -0.1) is 0 Å². The van der Waals surface area contributed by atoms with Crippen LogP contribution in [0.3, 0.4) is 0 Å². The van der Waals surface area contributed by atoms with Gasteiger partial charge >= 0.3 is 0 Å². The highest BCUT2D eigenvalue weighted by Gasteiger charge is 2.36. The Kier molecular flexibility index (Phi) is 4.60. The summed E-state index contributed by atoms with van der Waals surface area (Å²) in [7, 11) is 0.388. The van der Waals surface area contributed by atoms with Gasteiger partial charge in [0.15, 0.2) is 0 Å². The van der Waals surface area contributed by atoms with E-state index >= 15 is 0 Å². The normalized spacial score (nSPS) is 18.7. The fourth-order valence-electron chi connectivity index (χ4n) is 3.07. The van der Waals surface area contributed by atoms with E-state index in [0.717, 1.165) is 29.8 Å². The lowest BCUT2D eigenvalue weighted by Crippen LogP contribution is -2.30. The Balaban J connectivity index is 1.91. The maximum absolute atomic E-state index is 13.0. The smallest absolute Gasteiger partial charge is 0.243 e. The third kappa shape index (κ3) is 3.16. The molecule has 3 rings (SSSR count). The summed E-state index contributed by atoms with van der Waals surface area (Å²) in [5, 5.41) is 0. The number of anilines is 1. The van der Waals surface area contributed by atoms with Gasteiger partial charge in [-0.25, -0.2) is 13.4 Å². The van der Waals surface area contributed by atoms with Gasteiger partial charge in [0.05, 0.1) is 10.9 Å². The van der Waals surface area contributed by atoms with Crippen molar-refractivity contribution >= 4 is 15.8 Å². The van der Waals surface area contributed by atoms with Crippen molar-refractivity contribution < 1.29 is 8.42 Å². The summed E-state index contributed by atoms with van der Waals surface area (Å²) in [5.74, 6) is 0.865. The molecule has 1 aliphatic rings. The molecular weight excluding hydrogens is 322 g/mol. The molecule has 0 bridgehead atoms. The second kappa shape index (κ2) is 6.53. The lowest BCUT2D eigenvalue weighted by Gasteiger charge is -2.24. The molecule has 2 heterocycles. The van der Waals surface area contributed by atoms with Gasteiger partial charge in [0.25, 0.3) is 0 Å². The van der Waals surface area contributed by atoms with Gasteiger partial charge in [-0.3, -0.25) is 0 Å². The van der Waals surface area contributed by atoms with Crippen molar-refractivity contribution in [3.8, 4) is 0 Å². The van der Waals surface area contributed by atoms with E-state index in [2.05, 4.69) is 4.98 Å². The molecule has 6 heteroatoms. The van der Waals surface area contributed by atoms with E-state index in [9.17, 15) is 8.42 Å². The first-order chi connectivity index (χ1) is 11.4. The minimum absolute atomic E-state index is 0.139. The fraction of sp³-hybridized carbons (Fsp3) is 0.389. The predicted octanol–water partition coefficient (Wildman–Crippen LogP) is 2.98. The summed E-state index contributed by atoms with van der Waals surface area (Å²) < 4.78 is 27.6. The number of pyridine rings is 1. The number of benzene rings is 1. The highest BCUT2D eigenvalue weighted by molar-refractivity contribution is 7.89. The van der Waals surface area contributed by atoms with Crippen LogP contribution in [-0.4, -0.2) is 38.3 Å². The minimum Gasteiger partial charge on any atom is -0.363 e. The van der Waals surface area contributed by atoms with Crippen LogP contribution in [0.2, 0.25) is 0 Å². The number of rotatable bonds is 4. The van der Waals surface area contributed by atoms with E-state index in [1.54, 1.807) is 22.6 Å². The quantitative estimate of drug-likeness (QED) is 0.855. The molecule has 0 radical (unpaired) electrons. The second-order valence-corrected chi connectivity index (χ2v) is 8.32. The molecular formula is C18H23N3O2S. The standard InChI is InChI=1S/C18H23N3O2S/c1-14-6-9-16(10-7-14)24(22,23)21-12-4-5-17(21)15-8-11-18(19-13-15)20(2)3/h6-11,13,17H,4-5,12H2,1-3H3/t17-/m0/s1. The van der Waals surface area contributed by atoms with Crippen LogP contribution in [0.4, 0.5) is 5.82 Å². The lowest BCUT2D eigenvalue weighted by molar-refractivity contribution is 0.396. The maximum atomic E-state index is 13.0. The molecule has 0 unspecified atom stereocenters. The number of hydrogen-bond donors (Lipinski definition) is 0. The lowest BCUT2D eigenvalue weighted by atomic mass is 10.1. The van der Waals surface area contributed by atoms with Crippen molar-refractivity contribution in [1.29, 1.82) is 0 Å². The zero-order chi connectivity index (χ0) is 17.3. The zero-order valence-corrected chi connectivity index (χ0v) is 15.1. The number of aryl methyl sites for hydroxylation is 1. The third-order valence-electron chi connectivity index (χ3n) is 4.44. The SMILES string of the molecule is Cc1ccc(S(=O)(=O)N2CCC[C@H]2c2ccc(N(C)C)nc2)cc1. The molecule has 0 aliphatic carbocycles. The van der Waals surface area contributed by atoms with E-state index in [1.165, 1.54) is 0 Å². The first-order valence-electron chi connectivity index (χ1n) is 8.11. The van der Waals surface area contributed by atoms with Gasteiger partial charge < -0.3 is 4.90 Å². The molecule has 5 nitrogen and oxygen atoms in total. The Morgan fingerprint density at radius 2 is 1.83 bits per heavy atom. The monoisotopic (exact) mass is 345 g/mol. The van der Waals surface area contributed by atoms with Crippen molar-refractivity contribution in [3.63, 3.8) is 0 Å². The average molecular weight is 345 g/mol. The predicted molar refractivity (Wildman–Crippen MR) is 95.6 cm³/mol. The number of sulfonamides is 1. The minimum atomic E-state index is -3.48. The Morgan fingerprint density at radius 3 is 2.42 bits per heavy atom. The van der Waals surface area contributed by atoms with Crippen LogP contribution in [-0.2, 0) is 10.0 Å². The Hall–Kier alpha value is -1.92. The van der Waals surface area contributed by atoms with Crippen molar-refractivity contribution in [2.45, 2.75) is 30.7 Å². The van der Waals surface area contributed by atoms with Crippen LogP contribution in [0, 0.1) is 6.92 Å². The molecule has 1 aromatic heterocycles. The van der Waals surface area contributed by atoms with Crippen LogP contribution >= 0.6 is 0 Å². The number of aromatic nitrogens is 1. The molecule has 1 atom stereocenters. The number of nitrogens with zero attached hydrogens (tertiary/aromatic N) is 3. The van der Waals surface area contributed by atoms with Crippen LogP contribution in [0.1, 0.15) is 30.0 Å². The van der Waals surface area contributed by atoms with Crippen molar-refractivity contribution in [1.82, 2.24) is 9.29 Å².